The van der Waals surface area contributed by atoms with Gasteiger partial charge < -0.3 is 23.5 Å². The Morgan fingerprint density at radius 1 is 1.03 bits per heavy atom. The summed E-state index contributed by atoms with van der Waals surface area (Å²) in [6, 6.07) is 5.14. The summed E-state index contributed by atoms with van der Waals surface area (Å²) < 4.78 is 79.5. The summed E-state index contributed by atoms with van der Waals surface area (Å²) in [5.74, 6) is -1.80. The fourth-order valence-corrected chi connectivity index (χ4v) is 2.99. The topological polar surface area (TPSA) is 46.2 Å². The molecule has 5 nitrogen and oxygen atoms in total. The van der Waals surface area contributed by atoms with Gasteiger partial charge in [0.15, 0.2) is 18.4 Å². The first-order chi connectivity index (χ1) is 13.3. The van der Waals surface area contributed by atoms with Gasteiger partial charge in [-0.1, -0.05) is 6.07 Å². The first-order valence-corrected chi connectivity index (χ1v) is 8.84. The minimum Gasteiger partial charge on any atom is -0.468 e. The Morgan fingerprint density at radius 2 is 1.66 bits per heavy atom. The van der Waals surface area contributed by atoms with Gasteiger partial charge in [-0.2, -0.15) is 0 Å². The first-order valence-electron chi connectivity index (χ1n) is 8.84. The van der Waals surface area contributed by atoms with Gasteiger partial charge in [-0.05, 0) is 56.7 Å². The van der Waals surface area contributed by atoms with Crippen LogP contribution >= 0.6 is 0 Å². The number of fused-ring (bicyclic) bond motifs is 1. The van der Waals surface area contributed by atoms with E-state index >= 15 is 0 Å². The summed E-state index contributed by atoms with van der Waals surface area (Å²) in [5.41, 5.74) is -1.36. The highest BCUT2D eigenvalue weighted by atomic mass is 19.4. The highest BCUT2D eigenvalue weighted by molar-refractivity contribution is 6.65. The zero-order valence-corrected chi connectivity index (χ0v) is 16.6. The van der Waals surface area contributed by atoms with Crippen LogP contribution < -0.4 is 14.9 Å². The first kappa shape index (κ1) is 21.7. The number of hydrogen-bond acceptors (Lipinski definition) is 5. The van der Waals surface area contributed by atoms with Gasteiger partial charge in [0.1, 0.15) is 5.75 Å². The predicted molar refractivity (Wildman–Crippen MR) is 98.8 cm³/mol. The average Bonchev–Trinajstić information content (AvgIpc) is 2.81. The minimum absolute atomic E-state index is 0.0819. The zero-order chi connectivity index (χ0) is 21.6. The van der Waals surface area contributed by atoms with E-state index in [1.165, 1.54) is 25.3 Å². The van der Waals surface area contributed by atoms with E-state index < -0.39 is 36.2 Å². The molecule has 0 radical (unpaired) electrons. The number of alkyl halides is 3. The van der Waals surface area contributed by atoms with E-state index in [1.807, 2.05) is 0 Å². The SMILES string of the molecule is COCOc1cc(B2OC(C)(C)C(C)(C)O2)c2c(OC(F)(F)F)c(F)ccc2c1. The van der Waals surface area contributed by atoms with Crippen molar-refractivity contribution in [2.45, 2.75) is 45.3 Å². The summed E-state index contributed by atoms with van der Waals surface area (Å²) in [6.07, 6.45) is -5.08. The average molecular weight is 416 g/mol. The molecule has 1 fully saturated rings. The monoisotopic (exact) mass is 416 g/mol. The minimum atomic E-state index is -5.08. The van der Waals surface area contributed by atoms with Gasteiger partial charge in [0.2, 0.25) is 0 Å². The van der Waals surface area contributed by atoms with Gasteiger partial charge in [-0.15, -0.1) is 13.2 Å². The van der Waals surface area contributed by atoms with Crippen LogP contribution in [0.2, 0.25) is 0 Å². The van der Waals surface area contributed by atoms with E-state index in [-0.39, 0.29) is 23.0 Å². The summed E-state index contributed by atoms with van der Waals surface area (Å²) in [4.78, 5) is 0. The molecule has 0 unspecified atom stereocenters. The lowest BCUT2D eigenvalue weighted by Gasteiger charge is -2.32. The lowest BCUT2D eigenvalue weighted by Crippen LogP contribution is -2.41. The largest absolute Gasteiger partial charge is 0.573 e. The van der Waals surface area contributed by atoms with Crippen molar-refractivity contribution in [3.05, 3.63) is 30.1 Å². The van der Waals surface area contributed by atoms with Crippen LogP contribution in [-0.4, -0.2) is 38.6 Å². The van der Waals surface area contributed by atoms with Crippen LogP contribution in [0, 0.1) is 5.82 Å². The molecule has 3 rings (SSSR count). The molecule has 0 aromatic heterocycles. The lowest BCUT2D eigenvalue weighted by molar-refractivity contribution is -0.275. The Bertz CT molecular complexity index is 898. The van der Waals surface area contributed by atoms with Gasteiger partial charge in [-0.3, -0.25) is 0 Å². The molecule has 1 aliphatic rings. The molecule has 29 heavy (non-hydrogen) atoms. The molecule has 0 N–H and O–H groups in total. The van der Waals surface area contributed by atoms with Gasteiger partial charge in [0, 0.05) is 12.5 Å². The molecule has 0 aliphatic carbocycles. The van der Waals surface area contributed by atoms with Crippen molar-refractivity contribution < 1.29 is 41.1 Å². The van der Waals surface area contributed by atoms with E-state index in [4.69, 9.17) is 18.8 Å². The Balaban J connectivity index is 2.23. The number of ether oxygens (including phenoxy) is 3. The van der Waals surface area contributed by atoms with Crippen LogP contribution in [0.15, 0.2) is 24.3 Å². The maximum Gasteiger partial charge on any atom is 0.573 e. The summed E-state index contributed by atoms with van der Waals surface area (Å²) in [6.45, 7) is 7.12. The highest BCUT2D eigenvalue weighted by Crippen LogP contribution is 2.39. The van der Waals surface area contributed by atoms with Crippen LogP contribution in [0.3, 0.4) is 0 Å². The third kappa shape index (κ3) is 4.29. The lowest BCUT2D eigenvalue weighted by atomic mass is 9.75. The summed E-state index contributed by atoms with van der Waals surface area (Å²) >= 11 is 0. The Kier molecular flexibility index (Phi) is 5.48. The van der Waals surface area contributed by atoms with Gasteiger partial charge >= 0.3 is 13.5 Å². The number of rotatable bonds is 5. The van der Waals surface area contributed by atoms with Crippen molar-refractivity contribution in [1.82, 2.24) is 0 Å². The second-order valence-electron chi connectivity index (χ2n) is 7.67. The van der Waals surface area contributed by atoms with Gasteiger partial charge in [0.25, 0.3) is 0 Å². The second kappa shape index (κ2) is 7.34. The quantitative estimate of drug-likeness (QED) is 0.416. The highest BCUT2D eigenvalue weighted by Gasteiger charge is 2.52. The van der Waals surface area contributed by atoms with Crippen molar-refractivity contribution in [3.63, 3.8) is 0 Å². The van der Waals surface area contributed by atoms with Crippen LogP contribution in [0.25, 0.3) is 10.8 Å². The third-order valence-corrected chi connectivity index (χ3v) is 5.09. The molecule has 0 bridgehead atoms. The van der Waals surface area contributed by atoms with Crippen LogP contribution in [0.1, 0.15) is 27.7 Å². The molecule has 1 heterocycles. The molecule has 158 valence electrons. The van der Waals surface area contributed by atoms with E-state index in [0.29, 0.717) is 5.75 Å². The maximum atomic E-state index is 14.4. The molecule has 0 amide bonds. The predicted octanol–water partition coefficient (Wildman–Crippen LogP) is 4.16. The smallest absolute Gasteiger partial charge is 0.468 e. The van der Waals surface area contributed by atoms with Crippen LogP contribution in [-0.2, 0) is 14.0 Å². The van der Waals surface area contributed by atoms with Crippen molar-refractivity contribution in [3.8, 4) is 11.5 Å². The second-order valence-corrected chi connectivity index (χ2v) is 7.67. The van der Waals surface area contributed by atoms with Crippen molar-refractivity contribution in [1.29, 1.82) is 0 Å². The molecule has 0 saturated carbocycles. The van der Waals surface area contributed by atoms with Gasteiger partial charge in [-0.25, -0.2) is 4.39 Å². The Morgan fingerprint density at radius 3 is 2.21 bits per heavy atom. The molecular formula is C19H21BF4O5. The number of methoxy groups -OCH3 is 1. The van der Waals surface area contributed by atoms with E-state index in [1.54, 1.807) is 27.7 Å². The molecule has 2 aromatic carbocycles. The van der Waals surface area contributed by atoms with Crippen LogP contribution in [0.5, 0.6) is 11.5 Å². The molecule has 1 aliphatic heterocycles. The van der Waals surface area contributed by atoms with E-state index in [0.717, 1.165) is 6.07 Å². The van der Waals surface area contributed by atoms with Gasteiger partial charge in [0.05, 0.1) is 11.2 Å². The number of halogens is 4. The van der Waals surface area contributed by atoms with Crippen molar-refractivity contribution in [2.75, 3.05) is 13.9 Å². The van der Waals surface area contributed by atoms with Crippen LogP contribution in [0.4, 0.5) is 17.6 Å². The summed E-state index contributed by atoms with van der Waals surface area (Å²) in [7, 11) is 0.367. The molecule has 0 spiro atoms. The normalized spacial score (nSPS) is 18.3. The molecule has 10 heteroatoms. The molecule has 0 atom stereocenters. The van der Waals surface area contributed by atoms with E-state index in [2.05, 4.69) is 4.74 Å². The fourth-order valence-electron chi connectivity index (χ4n) is 2.99. The number of hydrogen-bond donors (Lipinski definition) is 0. The fraction of sp³-hybridized carbons (Fsp3) is 0.474. The maximum absolute atomic E-state index is 14.4. The third-order valence-electron chi connectivity index (χ3n) is 5.09. The molecule has 1 saturated heterocycles. The Labute approximate surface area is 166 Å². The van der Waals surface area contributed by atoms with Crippen molar-refractivity contribution in [2.24, 2.45) is 0 Å². The standard InChI is InChI=1S/C19H21BF4O5/c1-17(2)18(3,4)29-20(28-17)13-9-12(26-10-25-5)8-11-6-7-14(21)16(15(11)13)27-19(22,23)24/h6-9H,10H2,1-5H3. The Hall–Kier alpha value is -2.04. The van der Waals surface area contributed by atoms with E-state index in [9.17, 15) is 17.6 Å². The number of benzene rings is 2. The van der Waals surface area contributed by atoms with Crippen molar-refractivity contribution >= 4 is 23.4 Å². The molecule has 2 aromatic rings. The summed E-state index contributed by atoms with van der Waals surface area (Å²) in [5, 5.41) is 0.162. The molecular weight excluding hydrogens is 395 g/mol. The zero-order valence-electron chi connectivity index (χ0n) is 16.6.